The minimum absolute atomic E-state index is 0.318. The summed E-state index contributed by atoms with van der Waals surface area (Å²) in [4.78, 5) is 0. The molecule has 0 saturated heterocycles. The van der Waals surface area contributed by atoms with Gasteiger partial charge in [0.2, 0.25) is 0 Å². The molecule has 20 heavy (non-hydrogen) atoms. The predicted molar refractivity (Wildman–Crippen MR) is 78.0 cm³/mol. The number of aliphatic hydroxyl groups excluding tert-OH is 1. The summed E-state index contributed by atoms with van der Waals surface area (Å²) in [6.07, 6.45) is 3.09. The maximum atomic E-state index is 13.2. The molecule has 104 valence electrons. The van der Waals surface area contributed by atoms with Crippen molar-refractivity contribution in [2.24, 2.45) is 0 Å². The molecular weight excluding hydrogens is 255 g/mol. The molecule has 2 nitrogen and oxygen atoms in total. The molecule has 1 N–H and O–H groups in total. The van der Waals surface area contributed by atoms with Crippen LogP contribution in [0, 0.1) is 5.82 Å². The Hall–Kier alpha value is -2.13. The van der Waals surface area contributed by atoms with Crippen LogP contribution in [-0.4, -0.2) is 11.7 Å². The molecular formula is C17H17FO2. The summed E-state index contributed by atoms with van der Waals surface area (Å²) in [7, 11) is 0. The maximum Gasteiger partial charge on any atom is 0.128 e. The number of hydrogen-bond donors (Lipinski definition) is 1. The number of hydrogen-bond acceptors (Lipinski definition) is 2. The molecule has 1 atom stereocenters. The van der Waals surface area contributed by atoms with Crippen LogP contribution in [0.15, 0.2) is 54.6 Å². The van der Waals surface area contributed by atoms with Crippen molar-refractivity contribution in [3.8, 4) is 5.75 Å². The third-order valence-corrected chi connectivity index (χ3v) is 2.87. The van der Waals surface area contributed by atoms with Crippen LogP contribution >= 0.6 is 0 Å². The van der Waals surface area contributed by atoms with Gasteiger partial charge in [-0.2, -0.15) is 0 Å². The molecule has 0 heterocycles. The second kappa shape index (κ2) is 6.87. The van der Waals surface area contributed by atoms with E-state index in [9.17, 15) is 9.50 Å². The Balaban J connectivity index is 2.00. The van der Waals surface area contributed by atoms with E-state index >= 15 is 0 Å². The van der Waals surface area contributed by atoms with Gasteiger partial charge >= 0.3 is 0 Å². The van der Waals surface area contributed by atoms with E-state index in [0.29, 0.717) is 17.9 Å². The molecule has 0 aliphatic heterocycles. The summed E-state index contributed by atoms with van der Waals surface area (Å²) in [5.74, 6) is -0.00542. The van der Waals surface area contributed by atoms with Crippen LogP contribution in [0.2, 0.25) is 0 Å². The highest BCUT2D eigenvalue weighted by Crippen LogP contribution is 2.26. The minimum Gasteiger partial charge on any atom is -0.489 e. The van der Waals surface area contributed by atoms with Crippen molar-refractivity contribution in [3.63, 3.8) is 0 Å². The summed E-state index contributed by atoms with van der Waals surface area (Å²) in [5.41, 5.74) is 1.66. The molecule has 0 aliphatic rings. The van der Waals surface area contributed by atoms with Gasteiger partial charge in [0.05, 0.1) is 6.10 Å². The minimum atomic E-state index is -0.691. The Morgan fingerprint density at radius 3 is 2.65 bits per heavy atom. The summed E-state index contributed by atoms with van der Waals surface area (Å²) >= 11 is 0. The van der Waals surface area contributed by atoms with E-state index in [0.717, 1.165) is 5.56 Å². The SMILES string of the molecule is C[C@H](O)c1ccc(F)cc1OCC=Cc1ccccc1. The van der Waals surface area contributed by atoms with Crippen molar-refractivity contribution in [2.75, 3.05) is 6.61 Å². The lowest BCUT2D eigenvalue weighted by molar-refractivity contribution is 0.192. The molecule has 0 aliphatic carbocycles. The molecule has 0 radical (unpaired) electrons. The van der Waals surface area contributed by atoms with Gasteiger partial charge in [-0.3, -0.25) is 0 Å². The number of ether oxygens (including phenoxy) is 1. The van der Waals surface area contributed by atoms with Crippen LogP contribution in [0.3, 0.4) is 0 Å². The Labute approximate surface area is 118 Å². The molecule has 0 amide bonds. The van der Waals surface area contributed by atoms with Crippen molar-refractivity contribution in [2.45, 2.75) is 13.0 Å². The van der Waals surface area contributed by atoms with Crippen molar-refractivity contribution in [3.05, 3.63) is 71.6 Å². The Kier molecular flexibility index (Phi) is 4.91. The third-order valence-electron chi connectivity index (χ3n) is 2.87. The van der Waals surface area contributed by atoms with E-state index in [1.807, 2.05) is 42.5 Å². The van der Waals surface area contributed by atoms with Crippen molar-refractivity contribution in [1.82, 2.24) is 0 Å². The quantitative estimate of drug-likeness (QED) is 0.892. The second-order valence-electron chi connectivity index (χ2n) is 4.48. The predicted octanol–water partition coefficient (Wildman–Crippen LogP) is 3.97. The van der Waals surface area contributed by atoms with Crippen LogP contribution < -0.4 is 4.74 Å². The van der Waals surface area contributed by atoms with Gasteiger partial charge < -0.3 is 9.84 Å². The zero-order valence-corrected chi connectivity index (χ0v) is 11.3. The first kappa shape index (κ1) is 14.3. The Morgan fingerprint density at radius 2 is 1.95 bits per heavy atom. The topological polar surface area (TPSA) is 29.5 Å². The normalized spacial score (nSPS) is 12.6. The highest BCUT2D eigenvalue weighted by atomic mass is 19.1. The monoisotopic (exact) mass is 272 g/mol. The fourth-order valence-corrected chi connectivity index (χ4v) is 1.86. The highest BCUT2D eigenvalue weighted by Gasteiger charge is 2.09. The molecule has 0 saturated carbocycles. The molecule has 0 bridgehead atoms. The van der Waals surface area contributed by atoms with E-state index in [4.69, 9.17) is 4.74 Å². The zero-order chi connectivity index (χ0) is 14.4. The molecule has 0 unspecified atom stereocenters. The van der Waals surface area contributed by atoms with E-state index in [-0.39, 0.29) is 5.82 Å². The Bertz CT molecular complexity index is 577. The standard InChI is InChI=1S/C17H17FO2/c1-13(19)16-10-9-15(18)12-17(16)20-11-5-8-14-6-3-2-4-7-14/h2-10,12-13,19H,11H2,1H3/t13-/m0/s1. The average Bonchev–Trinajstić information content (AvgIpc) is 2.44. The van der Waals surface area contributed by atoms with Crippen molar-refractivity contribution in [1.29, 1.82) is 0 Å². The summed E-state index contributed by atoms with van der Waals surface area (Å²) < 4.78 is 18.7. The first-order chi connectivity index (χ1) is 9.66. The van der Waals surface area contributed by atoms with Crippen LogP contribution in [0.4, 0.5) is 4.39 Å². The van der Waals surface area contributed by atoms with E-state index in [2.05, 4.69) is 0 Å². The van der Waals surface area contributed by atoms with Gasteiger partial charge in [0, 0.05) is 11.6 Å². The molecule has 2 aromatic carbocycles. The van der Waals surface area contributed by atoms with E-state index < -0.39 is 6.10 Å². The summed E-state index contributed by atoms with van der Waals surface area (Å²) in [6, 6.07) is 14.0. The first-order valence-electron chi connectivity index (χ1n) is 6.48. The van der Waals surface area contributed by atoms with E-state index in [1.165, 1.54) is 18.2 Å². The van der Waals surface area contributed by atoms with Crippen molar-refractivity contribution >= 4 is 6.08 Å². The van der Waals surface area contributed by atoms with Crippen molar-refractivity contribution < 1.29 is 14.2 Å². The second-order valence-corrected chi connectivity index (χ2v) is 4.48. The lowest BCUT2D eigenvalue weighted by atomic mass is 10.1. The molecule has 0 spiro atoms. The molecule has 3 heteroatoms. The van der Waals surface area contributed by atoms with Crippen LogP contribution in [0.25, 0.3) is 6.08 Å². The number of aliphatic hydroxyl groups is 1. The summed E-state index contributed by atoms with van der Waals surface area (Å²) in [5, 5.41) is 9.61. The number of rotatable bonds is 5. The maximum absolute atomic E-state index is 13.2. The fraction of sp³-hybridized carbons (Fsp3) is 0.176. The molecule has 2 rings (SSSR count). The van der Waals surface area contributed by atoms with Gasteiger partial charge in [-0.05, 0) is 30.7 Å². The zero-order valence-electron chi connectivity index (χ0n) is 11.3. The van der Waals surface area contributed by atoms with Gasteiger partial charge in [-0.1, -0.05) is 36.4 Å². The van der Waals surface area contributed by atoms with Gasteiger partial charge in [0.15, 0.2) is 0 Å². The largest absolute Gasteiger partial charge is 0.489 e. The number of halogens is 1. The fourth-order valence-electron chi connectivity index (χ4n) is 1.86. The first-order valence-corrected chi connectivity index (χ1v) is 6.48. The Morgan fingerprint density at radius 1 is 1.20 bits per heavy atom. The van der Waals surface area contributed by atoms with Crippen LogP contribution in [0.1, 0.15) is 24.2 Å². The van der Waals surface area contributed by atoms with Gasteiger partial charge in [0.25, 0.3) is 0 Å². The lowest BCUT2D eigenvalue weighted by Crippen LogP contribution is -2.01. The average molecular weight is 272 g/mol. The number of benzene rings is 2. The van der Waals surface area contributed by atoms with Gasteiger partial charge in [-0.25, -0.2) is 4.39 Å². The summed E-state index contributed by atoms with van der Waals surface area (Å²) in [6.45, 7) is 1.94. The molecule has 0 fully saturated rings. The smallest absolute Gasteiger partial charge is 0.128 e. The van der Waals surface area contributed by atoms with E-state index in [1.54, 1.807) is 6.92 Å². The third kappa shape index (κ3) is 3.93. The lowest BCUT2D eigenvalue weighted by Gasteiger charge is -2.12. The molecule has 0 aromatic heterocycles. The van der Waals surface area contributed by atoms with Gasteiger partial charge in [-0.15, -0.1) is 0 Å². The van der Waals surface area contributed by atoms with Crippen LogP contribution in [-0.2, 0) is 0 Å². The molecule has 2 aromatic rings. The van der Waals surface area contributed by atoms with Gasteiger partial charge in [0.1, 0.15) is 18.2 Å². The highest BCUT2D eigenvalue weighted by molar-refractivity contribution is 5.48. The van der Waals surface area contributed by atoms with Crippen LogP contribution in [0.5, 0.6) is 5.75 Å².